The monoisotopic (exact) mass is 408 g/mol. The molecule has 0 aromatic heterocycles. The molecule has 0 saturated carbocycles. The molecular formula is C15H25IN2O3. The van der Waals surface area contributed by atoms with Crippen LogP contribution in [0, 0.1) is 0 Å². The number of hydrogen-bond donors (Lipinski definition) is 1. The number of amides is 1. The minimum Gasteiger partial charge on any atom is -0.530 e. The first-order chi connectivity index (χ1) is 9.30. The molecule has 6 heteroatoms. The molecule has 0 atom stereocenters. The highest BCUT2D eigenvalue weighted by molar-refractivity contribution is 14.0. The van der Waals surface area contributed by atoms with Crippen LogP contribution in [0.1, 0.15) is 19.3 Å². The number of hydrogen-bond acceptors (Lipinski definition) is 3. The Hall–Kier alpha value is -1.02. The van der Waals surface area contributed by atoms with Gasteiger partial charge in [-0.05, 0) is 31.4 Å². The molecule has 21 heavy (non-hydrogen) atoms. The maximum Gasteiger partial charge on any atom is 0.136 e. The zero-order valence-electron chi connectivity index (χ0n) is 12.9. The zero-order valence-corrected chi connectivity index (χ0v) is 15.2. The first-order valence-electron chi connectivity index (χ1n) is 6.87. The molecule has 0 spiro atoms. The van der Waals surface area contributed by atoms with Crippen molar-refractivity contribution in [2.75, 3.05) is 34.2 Å². The number of quaternary nitrogens is 1. The fourth-order valence-electron chi connectivity index (χ4n) is 1.99. The molecule has 1 aromatic rings. The summed E-state index contributed by atoms with van der Waals surface area (Å²) in [7, 11) is 6.19. The number of rotatable bonds is 1. The SMILES string of the molecule is C[N+](C)(C)c1cccc(O)c1.I.O=C([O-])N1CCCCC1. The number of likely N-dealkylation sites (tertiary alicyclic amines) is 1. The van der Waals surface area contributed by atoms with E-state index in [4.69, 9.17) is 5.11 Å². The Balaban J connectivity index is 0.000000370. The van der Waals surface area contributed by atoms with Crippen molar-refractivity contribution in [3.63, 3.8) is 0 Å². The van der Waals surface area contributed by atoms with Crippen molar-refractivity contribution >= 4 is 35.8 Å². The minimum absolute atomic E-state index is 0. The van der Waals surface area contributed by atoms with Crippen LogP contribution in [0.25, 0.3) is 0 Å². The maximum atomic E-state index is 10.2. The van der Waals surface area contributed by atoms with E-state index in [0.717, 1.165) is 29.4 Å². The normalized spacial score (nSPS) is 14.5. The summed E-state index contributed by atoms with van der Waals surface area (Å²) in [4.78, 5) is 11.5. The van der Waals surface area contributed by atoms with E-state index in [1.165, 1.54) is 4.90 Å². The number of halogens is 1. The predicted octanol–water partition coefficient (Wildman–Crippen LogP) is 2.02. The number of piperidine rings is 1. The molecule has 0 radical (unpaired) electrons. The number of benzene rings is 1. The Bertz CT molecular complexity index is 441. The average Bonchev–Trinajstić information content (AvgIpc) is 2.39. The number of aromatic hydroxyl groups is 1. The number of carboxylic acid groups (broad SMARTS) is 1. The van der Waals surface area contributed by atoms with Gasteiger partial charge in [-0.3, -0.25) is 4.48 Å². The van der Waals surface area contributed by atoms with Gasteiger partial charge in [-0.25, -0.2) is 0 Å². The van der Waals surface area contributed by atoms with Crippen LogP contribution in [0.5, 0.6) is 5.75 Å². The molecule has 2 rings (SSSR count). The van der Waals surface area contributed by atoms with E-state index >= 15 is 0 Å². The van der Waals surface area contributed by atoms with Crippen LogP contribution in [0.15, 0.2) is 24.3 Å². The Labute approximate surface area is 143 Å². The highest BCUT2D eigenvalue weighted by atomic mass is 127. The smallest absolute Gasteiger partial charge is 0.136 e. The summed E-state index contributed by atoms with van der Waals surface area (Å²) in [6.07, 6.45) is 2.13. The summed E-state index contributed by atoms with van der Waals surface area (Å²) in [5.74, 6) is 0.329. The van der Waals surface area contributed by atoms with Crippen LogP contribution in [-0.4, -0.2) is 50.3 Å². The third-order valence-corrected chi connectivity index (χ3v) is 3.22. The van der Waals surface area contributed by atoms with Crippen molar-refractivity contribution in [3.05, 3.63) is 24.3 Å². The number of nitrogens with zero attached hydrogens (tertiary/aromatic N) is 2. The molecule has 1 aliphatic rings. The van der Waals surface area contributed by atoms with Crippen molar-refractivity contribution in [1.29, 1.82) is 0 Å². The molecular weight excluding hydrogens is 383 g/mol. The fourth-order valence-corrected chi connectivity index (χ4v) is 1.99. The largest absolute Gasteiger partial charge is 0.530 e. The second kappa shape index (κ2) is 9.09. The van der Waals surface area contributed by atoms with E-state index in [1.807, 2.05) is 12.1 Å². The van der Waals surface area contributed by atoms with E-state index < -0.39 is 6.09 Å². The molecule has 1 aromatic carbocycles. The lowest BCUT2D eigenvalue weighted by atomic mass is 10.1. The topological polar surface area (TPSA) is 63.6 Å². The van der Waals surface area contributed by atoms with E-state index in [-0.39, 0.29) is 24.0 Å². The Morgan fingerprint density at radius 3 is 2.10 bits per heavy atom. The van der Waals surface area contributed by atoms with Gasteiger partial charge in [0.1, 0.15) is 17.5 Å². The predicted molar refractivity (Wildman–Crippen MR) is 93.9 cm³/mol. The second-order valence-electron chi connectivity index (χ2n) is 5.85. The van der Waals surface area contributed by atoms with Crippen LogP contribution in [0.3, 0.4) is 0 Å². The summed E-state index contributed by atoms with van der Waals surface area (Å²) in [6, 6.07) is 7.31. The van der Waals surface area contributed by atoms with Crippen molar-refractivity contribution < 1.29 is 15.0 Å². The molecule has 1 aliphatic heterocycles. The number of carbonyl (C=O) groups excluding carboxylic acids is 1. The maximum absolute atomic E-state index is 10.2. The molecule has 0 aliphatic carbocycles. The number of phenols is 1. The van der Waals surface area contributed by atoms with Crippen LogP contribution >= 0.6 is 24.0 Å². The van der Waals surface area contributed by atoms with Gasteiger partial charge < -0.3 is 19.9 Å². The summed E-state index contributed by atoms with van der Waals surface area (Å²) in [5.41, 5.74) is 1.10. The third-order valence-electron chi connectivity index (χ3n) is 3.22. The molecule has 1 saturated heterocycles. The van der Waals surface area contributed by atoms with Crippen LogP contribution in [0.4, 0.5) is 10.5 Å². The molecule has 1 N–H and O–H groups in total. The first-order valence-corrected chi connectivity index (χ1v) is 6.87. The van der Waals surface area contributed by atoms with Crippen LogP contribution in [-0.2, 0) is 0 Å². The fraction of sp³-hybridized carbons (Fsp3) is 0.533. The molecule has 120 valence electrons. The first kappa shape index (κ1) is 20.0. The highest BCUT2D eigenvalue weighted by Gasteiger charge is 2.11. The van der Waals surface area contributed by atoms with Gasteiger partial charge in [0, 0.05) is 19.2 Å². The highest BCUT2D eigenvalue weighted by Crippen LogP contribution is 2.21. The Morgan fingerprint density at radius 1 is 1.19 bits per heavy atom. The Morgan fingerprint density at radius 2 is 1.76 bits per heavy atom. The molecule has 5 nitrogen and oxygen atoms in total. The lowest BCUT2D eigenvalue weighted by Gasteiger charge is -2.28. The van der Waals surface area contributed by atoms with Crippen molar-refractivity contribution in [2.45, 2.75) is 19.3 Å². The lowest BCUT2D eigenvalue weighted by Crippen LogP contribution is -2.43. The van der Waals surface area contributed by atoms with Gasteiger partial charge in [-0.1, -0.05) is 6.07 Å². The van der Waals surface area contributed by atoms with E-state index in [2.05, 4.69) is 21.1 Å². The van der Waals surface area contributed by atoms with Crippen LogP contribution in [0.2, 0.25) is 0 Å². The quantitative estimate of drug-likeness (QED) is 0.572. The number of phenolic OH excluding ortho intramolecular Hbond substituents is 1. The summed E-state index contributed by atoms with van der Waals surface area (Å²) >= 11 is 0. The molecule has 1 amide bonds. The van der Waals surface area contributed by atoms with Crippen molar-refractivity contribution in [1.82, 2.24) is 9.38 Å². The van der Waals surface area contributed by atoms with Crippen molar-refractivity contribution in [2.24, 2.45) is 0 Å². The zero-order chi connectivity index (χ0) is 15.2. The van der Waals surface area contributed by atoms with Gasteiger partial charge in [-0.2, -0.15) is 0 Å². The summed E-state index contributed by atoms with van der Waals surface area (Å²) < 4.78 is 0.731. The average molecular weight is 408 g/mol. The van der Waals surface area contributed by atoms with Gasteiger partial charge in [-0.15, -0.1) is 24.0 Å². The lowest BCUT2D eigenvalue weighted by molar-refractivity contribution is -0.266. The van der Waals surface area contributed by atoms with Gasteiger partial charge in [0.05, 0.1) is 21.1 Å². The van der Waals surface area contributed by atoms with Crippen LogP contribution < -0.4 is 9.59 Å². The van der Waals surface area contributed by atoms with E-state index in [0.29, 0.717) is 18.8 Å². The Kier molecular flexibility index (Phi) is 8.65. The second-order valence-corrected chi connectivity index (χ2v) is 5.85. The van der Waals surface area contributed by atoms with E-state index in [9.17, 15) is 9.90 Å². The summed E-state index contributed by atoms with van der Waals surface area (Å²) in [5, 5.41) is 19.3. The van der Waals surface area contributed by atoms with Gasteiger partial charge >= 0.3 is 0 Å². The molecule has 1 fully saturated rings. The standard InChI is InChI=1S/C9H13NO.C6H11NO2.HI/c1-10(2,3)8-5-4-6-9(11)7-8;8-6(9)7-4-2-1-3-5-7;/h4-7H,1-3H3;1-5H2,(H,8,9);1H. The summed E-state index contributed by atoms with van der Waals surface area (Å²) in [6.45, 7) is 1.34. The molecule has 0 unspecified atom stereocenters. The minimum atomic E-state index is -1.02. The molecule has 1 heterocycles. The van der Waals surface area contributed by atoms with Gasteiger partial charge in [0.15, 0.2) is 0 Å². The van der Waals surface area contributed by atoms with Gasteiger partial charge in [0.25, 0.3) is 0 Å². The molecule has 0 bridgehead atoms. The van der Waals surface area contributed by atoms with Crippen molar-refractivity contribution in [3.8, 4) is 5.75 Å². The van der Waals surface area contributed by atoms with E-state index in [1.54, 1.807) is 12.1 Å². The third kappa shape index (κ3) is 7.52. The van der Waals surface area contributed by atoms with Gasteiger partial charge in [0.2, 0.25) is 0 Å². The number of carbonyl (C=O) groups is 1.